The Kier molecular flexibility index (Phi) is 6.86. The molecule has 0 N–H and O–H groups in total. The zero-order chi connectivity index (χ0) is 22.6. The third-order valence-electron chi connectivity index (χ3n) is 5.33. The third kappa shape index (κ3) is 6.18. The maximum absolute atomic E-state index is 14.4. The molecular formula is C23H22F6O2. The highest BCUT2D eigenvalue weighted by Gasteiger charge is 2.37. The lowest BCUT2D eigenvalue weighted by atomic mass is 9.78. The van der Waals surface area contributed by atoms with E-state index in [4.69, 9.17) is 4.74 Å². The average molecular weight is 444 g/mol. The van der Waals surface area contributed by atoms with Gasteiger partial charge in [-0.2, -0.15) is 8.78 Å². The molecule has 3 rings (SSSR count). The summed E-state index contributed by atoms with van der Waals surface area (Å²) in [6.45, 7) is 2.00. The second-order valence-corrected chi connectivity index (χ2v) is 7.52. The van der Waals surface area contributed by atoms with Crippen molar-refractivity contribution in [3.05, 3.63) is 71.6 Å². The fraction of sp³-hybridized carbons (Fsp3) is 0.391. The Balaban J connectivity index is 1.66. The van der Waals surface area contributed by atoms with Crippen molar-refractivity contribution < 1.29 is 35.8 Å². The minimum atomic E-state index is -5.13. The number of ether oxygens (including phenoxy) is 2. The van der Waals surface area contributed by atoms with Crippen LogP contribution in [0.4, 0.5) is 26.3 Å². The predicted molar refractivity (Wildman–Crippen MR) is 104 cm³/mol. The molecule has 0 spiro atoms. The molecule has 2 aromatic carbocycles. The highest BCUT2D eigenvalue weighted by atomic mass is 19.4. The van der Waals surface area contributed by atoms with Crippen molar-refractivity contribution in [2.75, 3.05) is 0 Å². The van der Waals surface area contributed by atoms with Crippen molar-refractivity contribution in [1.82, 2.24) is 0 Å². The zero-order valence-corrected chi connectivity index (χ0v) is 16.8. The Morgan fingerprint density at radius 1 is 0.871 bits per heavy atom. The highest BCUT2D eigenvalue weighted by Crippen LogP contribution is 2.38. The minimum Gasteiger partial charge on any atom is -0.429 e. The van der Waals surface area contributed by atoms with Gasteiger partial charge in [-0.25, -0.2) is 4.39 Å². The number of rotatable bonds is 6. The van der Waals surface area contributed by atoms with Crippen LogP contribution in [-0.2, 0) is 6.11 Å². The van der Waals surface area contributed by atoms with Crippen LogP contribution in [0.25, 0.3) is 0 Å². The van der Waals surface area contributed by atoms with Crippen LogP contribution >= 0.6 is 0 Å². The summed E-state index contributed by atoms with van der Waals surface area (Å²) in [5.74, 6) is -1.96. The van der Waals surface area contributed by atoms with Crippen molar-refractivity contribution in [3.8, 4) is 11.5 Å². The lowest BCUT2D eigenvalue weighted by Crippen LogP contribution is -2.23. The minimum absolute atomic E-state index is 0.132. The molecule has 2 nitrogen and oxygen atoms in total. The van der Waals surface area contributed by atoms with Gasteiger partial charge in [0.15, 0.2) is 11.6 Å². The third-order valence-corrected chi connectivity index (χ3v) is 5.33. The molecule has 0 unspecified atom stereocenters. The number of hydrogen-bond donors (Lipinski definition) is 0. The Morgan fingerprint density at radius 2 is 1.52 bits per heavy atom. The van der Waals surface area contributed by atoms with Crippen molar-refractivity contribution in [2.24, 2.45) is 5.92 Å². The Labute approximate surface area is 176 Å². The van der Waals surface area contributed by atoms with Gasteiger partial charge in [0.2, 0.25) is 0 Å². The van der Waals surface area contributed by atoms with E-state index in [2.05, 4.69) is 16.9 Å². The zero-order valence-electron chi connectivity index (χ0n) is 16.8. The molecule has 0 radical (unpaired) electrons. The molecule has 1 aliphatic rings. The van der Waals surface area contributed by atoms with Gasteiger partial charge in [-0.15, -0.1) is 13.2 Å². The average Bonchev–Trinajstić information content (AvgIpc) is 2.70. The van der Waals surface area contributed by atoms with E-state index in [0.717, 1.165) is 31.2 Å². The van der Waals surface area contributed by atoms with Crippen LogP contribution in [0.5, 0.6) is 11.5 Å². The van der Waals surface area contributed by atoms with Gasteiger partial charge in [0.1, 0.15) is 5.75 Å². The molecule has 31 heavy (non-hydrogen) atoms. The van der Waals surface area contributed by atoms with Crippen LogP contribution in [0.3, 0.4) is 0 Å². The smallest absolute Gasteiger partial charge is 0.429 e. The summed E-state index contributed by atoms with van der Waals surface area (Å²) in [7, 11) is 0. The van der Waals surface area contributed by atoms with Crippen LogP contribution < -0.4 is 9.47 Å². The number of benzene rings is 2. The van der Waals surface area contributed by atoms with Crippen LogP contribution in [-0.4, -0.2) is 6.36 Å². The first-order chi connectivity index (χ1) is 14.6. The molecule has 0 heterocycles. The van der Waals surface area contributed by atoms with E-state index in [1.807, 2.05) is 6.92 Å². The van der Waals surface area contributed by atoms with E-state index in [9.17, 15) is 26.3 Å². The van der Waals surface area contributed by atoms with E-state index in [-0.39, 0.29) is 11.8 Å². The molecular weight excluding hydrogens is 422 g/mol. The van der Waals surface area contributed by atoms with Crippen molar-refractivity contribution >= 4 is 0 Å². The van der Waals surface area contributed by atoms with Gasteiger partial charge in [-0.3, -0.25) is 0 Å². The van der Waals surface area contributed by atoms with Crippen molar-refractivity contribution in [3.63, 3.8) is 0 Å². The van der Waals surface area contributed by atoms with Crippen LogP contribution in [0.1, 0.15) is 49.7 Å². The number of halogens is 6. The van der Waals surface area contributed by atoms with Crippen LogP contribution in [0, 0.1) is 11.7 Å². The SMILES string of the molecule is C/C=C/C1CCC(c2ccc(OC(F)(F)c3ccc(OC(F)(F)F)c(F)c3)cc2)CC1. The van der Waals surface area contributed by atoms with E-state index < -0.39 is 29.6 Å². The standard InChI is InChI=1S/C23H22F6O2/c1-2-3-15-4-6-16(7-5-15)17-8-11-19(12-9-17)30-22(25,26)18-10-13-21(20(24)14-18)31-23(27,28)29/h2-3,8-16H,4-7H2,1H3/b3-2+. The topological polar surface area (TPSA) is 18.5 Å². The molecule has 2 aromatic rings. The molecule has 8 heteroatoms. The molecule has 168 valence electrons. The van der Waals surface area contributed by atoms with Gasteiger partial charge in [0, 0.05) is 0 Å². The van der Waals surface area contributed by atoms with Crippen LogP contribution in [0.2, 0.25) is 0 Å². The van der Waals surface area contributed by atoms with E-state index in [1.54, 1.807) is 12.1 Å². The number of hydrogen-bond acceptors (Lipinski definition) is 2. The molecule has 0 aliphatic heterocycles. The fourth-order valence-corrected chi connectivity index (χ4v) is 3.82. The van der Waals surface area contributed by atoms with Gasteiger partial charge in [0.25, 0.3) is 0 Å². The van der Waals surface area contributed by atoms with Crippen molar-refractivity contribution in [2.45, 2.75) is 51.0 Å². The van der Waals surface area contributed by atoms with Crippen molar-refractivity contribution in [1.29, 1.82) is 0 Å². The molecule has 0 atom stereocenters. The predicted octanol–water partition coefficient (Wildman–Crippen LogP) is 7.70. The summed E-state index contributed by atoms with van der Waals surface area (Å²) >= 11 is 0. The Bertz CT molecular complexity index is 897. The Hall–Kier alpha value is -2.64. The maximum Gasteiger partial charge on any atom is 0.573 e. The molecule has 1 fully saturated rings. The largest absolute Gasteiger partial charge is 0.573 e. The van der Waals surface area contributed by atoms with Gasteiger partial charge in [0.05, 0.1) is 5.56 Å². The van der Waals surface area contributed by atoms with E-state index >= 15 is 0 Å². The summed E-state index contributed by atoms with van der Waals surface area (Å²) in [5.41, 5.74) is 0.111. The lowest BCUT2D eigenvalue weighted by molar-refractivity contribution is -0.275. The quantitative estimate of drug-likeness (QED) is 0.336. The maximum atomic E-state index is 14.4. The Morgan fingerprint density at radius 3 is 2.06 bits per heavy atom. The van der Waals surface area contributed by atoms with Gasteiger partial charge in [-0.1, -0.05) is 24.3 Å². The molecule has 0 aromatic heterocycles. The first-order valence-corrected chi connectivity index (χ1v) is 9.93. The monoisotopic (exact) mass is 444 g/mol. The lowest BCUT2D eigenvalue weighted by Gasteiger charge is -2.27. The van der Waals surface area contributed by atoms with E-state index in [0.29, 0.717) is 24.0 Å². The van der Waals surface area contributed by atoms with Crippen LogP contribution in [0.15, 0.2) is 54.6 Å². The molecule has 1 saturated carbocycles. The van der Waals surface area contributed by atoms with Gasteiger partial charge in [-0.05, 0) is 80.3 Å². The van der Waals surface area contributed by atoms with E-state index in [1.165, 1.54) is 12.1 Å². The molecule has 0 amide bonds. The summed E-state index contributed by atoms with van der Waals surface area (Å²) in [5, 5.41) is 0. The molecule has 0 bridgehead atoms. The first kappa shape index (κ1) is 23.0. The second-order valence-electron chi connectivity index (χ2n) is 7.52. The van der Waals surface area contributed by atoms with Gasteiger partial charge < -0.3 is 9.47 Å². The summed E-state index contributed by atoms with van der Waals surface area (Å²) in [4.78, 5) is 0. The summed E-state index contributed by atoms with van der Waals surface area (Å²) in [6, 6.07) is 7.67. The van der Waals surface area contributed by atoms with Gasteiger partial charge >= 0.3 is 12.5 Å². The summed E-state index contributed by atoms with van der Waals surface area (Å²) in [6.07, 6.45) is -0.636. The molecule has 1 aliphatic carbocycles. The number of alkyl halides is 5. The summed E-state index contributed by atoms with van der Waals surface area (Å²) < 4.78 is 87.3. The normalized spacial score (nSPS) is 20.1. The molecule has 0 saturated heterocycles. The second kappa shape index (κ2) is 9.24. The first-order valence-electron chi connectivity index (χ1n) is 9.93. The highest BCUT2D eigenvalue weighted by molar-refractivity contribution is 5.33. The fourth-order valence-electron chi connectivity index (χ4n) is 3.82. The number of allylic oxidation sites excluding steroid dienone is 2.